The SMILES string of the molecule is C[C@@H](Oc1ccc2c3c(c(=O)oc2c1)CCC3)C(=O)N[C@H](Cc1c[nH]c2ccc(O)cc12)C(=O)[O-]. The molecule has 0 spiro atoms. The molecule has 2 aromatic carbocycles. The highest BCUT2D eigenvalue weighted by atomic mass is 16.5. The van der Waals surface area contributed by atoms with Crippen molar-refractivity contribution in [2.75, 3.05) is 0 Å². The summed E-state index contributed by atoms with van der Waals surface area (Å²) in [5.41, 5.74) is 3.09. The maximum Gasteiger partial charge on any atom is 0.339 e. The average Bonchev–Trinajstić information content (AvgIpc) is 3.46. The Bertz CT molecular complexity index is 1520. The van der Waals surface area contributed by atoms with E-state index in [-0.39, 0.29) is 17.8 Å². The molecule has 1 aliphatic rings. The molecular weight excluding hydrogens is 452 g/mol. The van der Waals surface area contributed by atoms with Gasteiger partial charge in [0.25, 0.3) is 5.91 Å². The van der Waals surface area contributed by atoms with Crippen molar-refractivity contribution in [2.45, 2.75) is 44.8 Å². The molecule has 0 saturated heterocycles. The summed E-state index contributed by atoms with van der Waals surface area (Å²) in [4.78, 5) is 39.7. The first kappa shape index (κ1) is 22.5. The molecule has 9 heteroatoms. The number of carbonyl (C=O) groups excluding carboxylic acids is 2. The largest absolute Gasteiger partial charge is 0.548 e. The molecule has 5 rings (SSSR count). The number of aromatic nitrogens is 1. The number of aromatic hydroxyl groups is 1. The first-order chi connectivity index (χ1) is 16.8. The fourth-order valence-corrected chi connectivity index (χ4v) is 4.63. The zero-order valence-electron chi connectivity index (χ0n) is 18.9. The number of ether oxygens (including phenoxy) is 1. The van der Waals surface area contributed by atoms with Crippen LogP contribution < -0.4 is 20.8 Å². The predicted molar refractivity (Wildman–Crippen MR) is 125 cm³/mol. The molecule has 180 valence electrons. The van der Waals surface area contributed by atoms with E-state index in [0.29, 0.717) is 28.7 Å². The number of hydrogen-bond acceptors (Lipinski definition) is 7. The van der Waals surface area contributed by atoms with Crippen LogP contribution in [0.4, 0.5) is 0 Å². The number of benzene rings is 2. The van der Waals surface area contributed by atoms with Crippen LogP contribution in [0, 0.1) is 0 Å². The quantitative estimate of drug-likeness (QED) is 0.345. The fourth-order valence-electron chi connectivity index (χ4n) is 4.63. The number of nitrogens with one attached hydrogen (secondary N) is 2. The molecule has 2 atom stereocenters. The van der Waals surface area contributed by atoms with E-state index >= 15 is 0 Å². The second-order valence-electron chi connectivity index (χ2n) is 8.75. The van der Waals surface area contributed by atoms with Gasteiger partial charge in [0.1, 0.15) is 17.1 Å². The number of fused-ring (bicyclic) bond motifs is 4. The lowest BCUT2D eigenvalue weighted by atomic mass is 10.0. The van der Waals surface area contributed by atoms with Gasteiger partial charge in [-0.25, -0.2) is 4.79 Å². The van der Waals surface area contributed by atoms with E-state index in [2.05, 4.69) is 10.3 Å². The third-order valence-electron chi connectivity index (χ3n) is 6.40. The van der Waals surface area contributed by atoms with Gasteiger partial charge < -0.3 is 34.5 Å². The lowest BCUT2D eigenvalue weighted by Gasteiger charge is -2.22. The van der Waals surface area contributed by atoms with E-state index in [9.17, 15) is 24.6 Å². The van der Waals surface area contributed by atoms with Crippen LogP contribution in [-0.2, 0) is 28.9 Å². The predicted octanol–water partition coefficient (Wildman–Crippen LogP) is 1.71. The van der Waals surface area contributed by atoms with Crippen LogP contribution in [0.5, 0.6) is 11.5 Å². The summed E-state index contributed by atoms with van der Waals surface area (Å²) in [7, 11) is 0. The van der Waals surface area contributed by atoms with Gasteiger partial charge in [-0.1, -0.05) is 0 Å². The summed E-state index contributed by atoms with van der Waals surface area (Å²) in [5, 5.41) is 25.5. The first-order valence-corrected chi connectivity index (χ1v) is 11.4. The van der Waals surface area contributed by atoms with Crippen LogP contribution in [0.15, 0.2) is 51.8 Å². The van der Waals surface area contributed by atoms with Crippen molar-refractivity contribution in [1.82, 2.24) is 10.3 Å². The molecule has 3 N–H and O–H groups in total. The van der Waals surface area contributed by atoms with Gasteiger partial charge in [-0.2, -0.15) is 0 Å². The summed E-state index contributed by atoms with van der Waals surface area (Å²) < 4.78 is 11.2. The Hall–Kier alpha value is -4.27. The Morgan fingerprint density at radius 1 is 1.17 bits per heavy atom. The van der Waals surface area contributed by atoms with Gasteiger partial charge in [-0.15, -0.1) is 0 Å². The topological polar surface area (TPSA) is 145 Å². The van der Waals surface area contributed by atoms with Gasteiger partial charge in [0.05, 0.1) is 12.0 Å². The number of hydrogen-bond donors (Lipinski definition) is 3. The molecule has 0 fully saturated rings. The molecule has 0 unspecified atom stereocenters. The molecule has 0 saturated carbocycles. The summed E-state index contributed by atoms with van der Waals surface area (Å²) in [5.74, 6) is -1.72. The lowest BCUT2D eigenvalue weighted by molar-refractivity contribution is -0.308. The minimum atomic E-state index is -1.44. The second kappa shape index (κ2) is 8.83. The standard InChI is InChI=1S/C26H24N2O7/c1-13(34-16-6-7-18-17-3-2-4-19(17)26(33)35-23(18)11-16)24(30)28-22(25(31)32)9-14-12-27-21-8-5-15(29)10-20(14)21/h5-8,10-13,22,27,29H,2-4,9H2,1H3,(H,28,30)(H,31,32)/p-1/t13-,22-/m1/s1. The number of rotatable bonds is 7. The third kappa shape index (κ3) is 4.32. The number of aryl methyl sites for hydroxylation is 1. The van der Waals surface area contributed by atoms with E-state index in [4.69, 9.17) is 9.15 Å². The second-order valence-corrected chi connectivity index (χ2v) is 8.75. The highest BCUT2D eigenvalue weighted by Crippen LogP contribution is 2.30. The normalized spacial score (nSPS) is 14.5. The first-order valence-electron chi connectivity index (χ1n) is 11.4. The van der Waals surface area contributed by atoms with Crippen molar-refractivity contribution in [3.8, 4) is 11.5 Å². The number of H-pyrrole nitrogens is 1. The lowest BCUT2D eigenvalue weighted by Crippen LogP contribution is -2.52. The van der Waals surface area contributed by atoms with Crippen LogP contribution in [0.2, 0.25) is 0 Å². The number of phenolic OH excluding ortho intramolecular Hbond substituents is 1. The summed E-state index contributed by atoms with van der Waals surface area (Å²) in [6.07, 6.45) is 3.00. The fraction of sp³-hybridized carbons (Fsp3) is 0.269. The molecule has 9 nitrogen and oxygen atoms in total. The van der Waals surface area contributed by atoms with Crippen LogP contribution in [0.25, 0.3) is 21.9 Å². The van der Waals surface area contributed by atoms with Crippen LogP contribution in [0.1, 0.15) is 30.0 Å². The Morgan fingerprint density at radius 2 is 1.97 bits per heavy atom. The monoisotopic (exact) mass is 475 g/mol. The van der Waals surface area contributed by atoms with E-state index in [1.165, 1.54) is 19.1 Å². The molecule has 0 radical (unpaired) electrons. The van der Waals surface area contributed by atoms with Crippen molar-refractivity contribution < 1.29 is 29.0 Å². The van der Waals surface area contributed by atoms with Gasteiger partial charge in [-0.3, -0.25) is 4.79 Å². The van der Waals surface area contributed by atoms with Gasteiger partial charge in [-0.05, 0) is 67.6 Å². The number of carbonyl (C=O) groups is 2. The molecule has 0 bridgehead atoms. The smallest absolute Gasteiger partial charge is 0.339 e. The number of aromatic amines is 1. The molecule has 1 aliphatic carbocycles. The maximum absolute atomic E-state index is 12.7. The maximum atomic E-state index is 12.7. The van der Waals surface area contributed by atoms with Gasteiger partial charge in [0, 0.05) is 40.5 Å². The number of carboxylic acid groups (broad SMARTS) is 1. The Morgan fingerprint density at radius 3 is 2.77 bits per heavy atom. The highest BCUT2D eigenvalue weighted by molar-refractivity contribution is 5.88. The van der Waals surface area contributed by atoms with E-state index in [1.807, 2.05) is 0 Å². The van der Waals surface area contributed by atoms with Crippen molar-refractivity contribution in [3.05, 3.63) is 69.7 Å². The van der Waals surface area contributed by atoms with Gasteiger partial charge in [0.15, 0.2) is 6.10 Å². The average molecular weight is 475 g/mol. The minimum absolute atomic E-state index is 0.0452. The number of phenols is 1. The molecule has 4 aromatic rings. The summed E-state index contributed by atoms with van der Waals surface area (Å²) in [6.45, 7) is 1.49. The van der Waals surface area contributed by atoms with Crippen molar-refractivity contribution in [3.63, 3.8) is 0 Å². The summed E-state index contributed by atoms with van der Waals surface area (Å²) >= 11 is 0. The van der Waals surface area contributed by atoms with Crippen molar-refractivity contribution >= 4 is 33.7 Å². The summed E-state index contributed by atoms with van der Waals surface area (Å²) in [6, 6.07) is 8.47. The molecule has 2 aromatic heterocycles. The zero-order valence-corrected chi connectivity index (χ0v) is 18.9. The minimum Gasteiger partial charge on any atom is -0.548 e. The van der Waals surface area contributed by atoms with E-state index in [0.717, 1.165) is 34.9 Å². The molecular formula is C26H23N2O7-. The van der Waals surface area contributed by atoms with Crippen molar-refractivity contribution in [1.29, 1.82) is 0 Å². The van der Waals surface area contributed by atoms with E-state index < -0.39 is 24.0 Å². The highest BCUT2D eigenvalue weighted by Gasteiger charge is 2.23. The van der Waals surface area contributed by atoms with Crippen LogP contribution >= 0.6 is 0 Å². The van der Waals surface area contributed by atoms with Gasteiger partial charge in [0.2, 0.25) is 0 Å². The molecule has 1 amide bonds. The van der Waals surface area contributed by atoms with Crippen molar-refractivity contribution in [2.24, 2.45) is 0 Å². The van der Waals surface area contributed by atoms with Crippen LogP contribution in [0.3, 0.4) is 0 Å². The zero-order chi connectivity index (χ0) is 24.7. The van der Waals surface area contributed by atoms with Gasteiger partial charge >= 0.3 is 5.63 Å². The Labute approximate surface area is 199 Å². The van der Waals surface area contributed by atoms with E-state index in [1.54, 1.807) is 30.5 Å². The number of amides is 1. The Kier molecular flexibility index (Phi) is 5.68. The number of aliphatic carboxylic acids is 1. The Balaban J connectivity index is 1.30. The molecule has 2 heterocycles. The number of carboxylic acids is 1. The molecule has 0 aliphatic heterocycles. The molecule has 35 heavy (non-hydrogen) atoms. The third-order valence-corrected chi connectivity index (χ3v) is 6.40. The van der Waals surface area contributed by atoms with Crippen LogP contribution in [-0.4, -0.2) is 34.1 Å².